The van der Waals surface area contributed by atoms with Crippen LogP contribution in [0.3, 0.4) is 0 Å². The summed E-state index contributed by atoms with van der Waals surface area (Å²) in [4.78, 5) is 0. The summed E-state index contributed by atoms with van der Waals surface area (Å²) in [6.07, 6.45) is 3.72. The van der Waals surface area contributed by atoms with Gasteiger partial charge in [-0.25, -0.2) is 0 Å². The van der Waals surface area contributed by atoms with E-state index in [9.17, 15) is 0 Å². The minimum atomic E-state index is 0.448. The van der Waals surface area contributed by atoms with Gasteiger partial charge in [-0.1, -0.05) is 34.6 Å². The second kappa shape index (κ2) is 5.58. The predicted octanol–water partition coefficient (Wildman–Crippen LogP) is 3.20. The Morgan fingerprint density at radius 3 is 2.08 bits per heavy atom. The molecule has 0 fully saturated rings. The fourth-order valence-corrected chi connectivity index (χ4v) is 1.54. The third kappa shape index (κ3) is 3.57. The van der Waals surface area contributed by atoms with Crippen LogP contribution >= 0.6 is 0 Å². The molecule has 1 N–H and O–H groups in total. The van der Waals surface area contributed by atoms with Gasteiger partial charge >= 0.3 is 0 Å². The fourth-order valence-electron chi connectivity index (χ4n) is 1.54. The van der Waals surface area contributed by atoms with E-state index in [1.54, 1.807) is 0 Å². The molecule has 0 saturated carbocycles. The van der Waals surface area contributed by atoms with Crippen molar-refractivity contribution in [3.63, 3.8) is 0 Å². The van der Waals surface area contributed by atoms with Crippen LogP contribution in [0.25, 0.3) is 0 Å². The maximum atomic E-state index is 3.61. The van der Waals surface area contributed by atoms with E-state index in [2.05, 4.69) is 39.9 Å². The maximum Gasteiger partial charge on any atom is 0.0115 e. The lowest BCUT2D eigenvalue weighted by Gasteiger charge is -2.33. The molecule has 1 heteroatoms. The standard InChI is InChI=1S/C11H25N/c1-6-9-12-10(7-2)11(4,5)8-3/h10,12H,6-9H2,1-5H3. The Bertz CT molecular complexity index is 108. The minimum Gasteiger partial charge on any atom is -0.313 e. The average Bonchev–Trinajstić information content (AvgIpc) is 2.05. The SMILES string of the molecule is CCCNC(CC)C(C)(C)CC. The van der Waals surface area contributed by atoms with Gasteiger partial charge in [0.05, 0.1) is 0 Å². The number of nitrogens with one attached hydrogen (secondary N) is 1. The minimum absolute atomic E-state index is 0.448. The normalized spacial score (nSPS) is 14.8. The molecule has 1 unspecified atom stereocenters. The van der Waals surface area contributed by atoms with Crippen LogP contribution in [0, 0.1) is 5.41 Å². The Hall–Kier alpha value is -0.0400. The topological polar surface area (TPSA) is 12.0 Å². The van der Waals surface area contributed by atoms with Gasteiger partial charge in [0.15, 0.2) is 0 Å². The van der Waals surface area contributed by atoms with Gasteiger partial charge in [-0.15, -0.1) is 0 Å². The van der Waals surface area contributed by atoms with Crippen LogP contribution in [0.2, 0.25) is 0 Å². The summed E-state index contributed by atoms with van der Waals surface area (Å²) in [5.74, 6) is 0. The summed E-state index contributed by atoms with van der Waals surface area (Å²) >= 11 is 0. The van der Waals surface area contributed by atoms with Crippen molar-refractivity contribution >= 4 is 0 Å². The van der Waals surface area contributed by atoms with E-state index in [0.717, 1.165) is 6.54 Å². The third-order valence-electron chi connectivity index (χ3n) is 2.90. The molecule has 74 valence electrons. The molecule has 0 amide bonds. The summed E-state index contributed by atoms with van der Waals surface area (Å²) in [5.41, 5.74) is 0.448. The molecule has 0 aliphatic heterocycles. The predicted molar refractivity (Wildman–Crippen MR) is 56.4 cm³/mol. The molecule has 0 spiro atoms. The molecular formula is C11H25N. The van der Waals surface area contributed by atoms with Crippen molar-refractivity contribution in [2.75, 3.05) is 6.54 Å². The number of rotatable bonds is 6. The Morgan fingerprint density at radius 1 is 1.17 bits per heavy atom. The van der Waals surface area contributed by atoms with Gasteiger partial charge in [-0.05, 0) is 31.2 Å². The Kier molecular flexibility index (Phi) is 5.56. The first kappa shape index (κ1) is 12.0. The van der Waals surface area contributed by atoms with Crippen LogP contribution in [0.1, 0.15) is 53.9 Å². The van der Waals surface area contributed by atoms with Crippen LogP contribution in [0.5, 0.6) is 0 Å². The van der Waals surface area contributed by atoms with E-state index in [1.807, 2.05) is 0 Å². The summed E-state index contributed by atoms with van der Waals surface area (Å²) in [7, 11) is 0. The zero-order valence-electron chi connectivity index (χ0n) is 9.41. The Morgan fingerprint density at radius 2 is 1.75 bits per heavy atom. The van der Waals surface area contributed by atoms with Crippen LogP contribution in [-0.2, 0) is 0 Å². The van der Waals surface area contributed by atoms with E-state index in [-0.39, 0.29) is 0 Å². The van der Waals surface area contributed by atoms with Crippen molar-refractivity contribution in [3.05, 3.63) is 0 Å². The monoisotopic (exact) mass is 171 g/mol. The maximum absolute atomic E-state index is 3.61. The largest absolute Gasteiger partial charge is 0.313 e. The number of hydrogen-bond donors (Lipinski definition) is 1. The summed E-state index contributed by atoms with van der Waals surface area (Å²) in [5, 5.41) is 3.61. The van der Waals surface area contributed by atoms with E-state index in [1.165, 1.54) is 19.3 Å². The average molecular weight is 171 g/mol. The highest BCUT2D eigenvalue weighted by atomic mass is 14.9. The molecule has 0 aromatic carbocycles. The smallest absolute Gasteiger partial charge is 0.0115 e. The van der Waals surface area contributed by atoms with Gasteiger partial charge in [0.1, 0.15) is 0 Å². The molecule has 0 radical (unpaired) electrons. The van der Waals surface area contributed by atoms with Crippen LogP contribution in [0.15, 0.2) is 0 Å². The Labute approximate surface area is 77.9 Å². The highest BCUT2D eigenvalue weighted by molar-refractivity contribution is 4.81. The van der Waals surface area contributed by atoms with Crippen molar-refractivity contribution < 1.29 is 0 Å². The molecular weight excluding hydrogens is 146 g/mol. The molecule has 0 aromatic heterocycles. The highest BCUT2D eigenvalue weighted by Crippen LogP contribution is 2.26. The molecule has 1 nitrogen and oxygen atoms in total. The van der Waals surface area contributed by atoms with E-state index in [0.29, 0.717) is 11.5 Å². The first-order valence-electron chi connectivity index (χ1n) is 5.31. The van der Waals surface area contributed by atoms with Gasteiger partial charge in [0.25, 0.3) is 0 Å². The van der Waals surface area contributed by atoms with Gasteiger partial charge in [-0.2, -0.15) is 0 Å². The lowest BCUT2D eigenvalue weighted by Crippen LogP contribution is -2.41. The van der Waals surface area contributed by atoms with Gasteiger partial charge in [0.2, 0.25) is 0 Å². The van der Waals surface area contributed by atoms with E-state index in [4.69, 9.17) is 0 Å². The zero-order valence-corrected chi connectivity index (χ0v) is 9.41. The molecule has 12 heavy (non-hydrogen) atoms. The first-order valence-corrected chi connectivity index (χ1v) is 5.31. The lowest BCUT2D eigenvalue weighted by molar-refractivity contribution is 0.226. The molecule has 1 atom stereocenters. The van der Waals surface area contributed by atoms with Crippen molar-refractivity contribution in [1.82, 2.24) is 5.32 Å². The highest BCUT2D eigenvalue weighted by Gasteiger charge is 2.24. The first-order chi connectivity index (χ1) is 5.58. The van der Waals surface area contributed by atoms with Crippen molar-refractivity contribution in [1.29, 1.82) is 0 Å². The molecule has 0 aliphatic rings. The Balaban J connectivity index is 3.95. The van der Waals surface area contributed by atoms with Crippen LogP contribution in [-0.4, -0.2) is 12.6 Å². The fraction of sp³-hybridized carbons (Fsp3) is 1.00. The second-order valence-corrected chi connectivity index (χ2v) is 4.26. The van der Waals surface area contributed by atoms with Crippen LogP contribution in [0.4, 0.5) is 0 Å². The van der Waals surface area contributed by atoms with Crippen molar-refractivity contribution in [2.45, 2.75) is 59.9 Å². The molecule has 0 bridgehead atoms. The number of hydrogen-bond acceptors (Lipinski definition) is 1. The third-order valence-corrected chi connectivity index (χ3v) is 2.90. The molecule has 0 saturated heterocycles. The summed E-state index contributed by atoms with van der Waals surface area (Å²) < 4.78 is 0. The lowest BCUT2D eigenvalue weighted by atomic mass is 9.80. The second-order valence-electron chi connectivity index (χ2n) is 4.26. The molecule has 0 aliphatic carbocycles. The van der Waals surface area contributed by atoms with Gasteiger partial charge in [-0.3, -0.25) is 0 Å². The van der Waals surface area contributed by atoms with Crippen LogP contribution < -0.4 is 5.32 Å². The quantitative estimate of drug-likeness (QED) is 0.647. The van der Waals surface area contributed by atoms with E-state index >= 15 is 0 Å². The van der Waals surface area contributed by atoms with Gasteiger partial charge in [0, 0.05) is 6.04 Å². The van der Waals surface area contributed by atoms with Crippen molar-refractivity contribution in [3.8, 4) is 0 Å². The summed E-state index contributed by atoms with van der Waals surface area (Å²) in [6.45, 7) is 12.6. The zero-order chi connectivity index (χ0) is 9.61. The van der Waals surface area contributed by atoms with Crippen molar-refractivity contribution in [2.24, 2.45) is 5.41 Å². The van der Waals surface area contributed by atoms with Gasteiger partial charge < -0.3 is 5.32 Å². The molecule has 0 aromatic rings. The molecule has 0 rings (SSSR count). The van der Waals surface area contributed by atoms with E-state index < -0.39 is 0 Å². The summed E-state index contributed by atoms with van der Waals surface area (Å²) in [6, 6.07) is 0.683. The molecule has 0 heterocycles.